The predicted octanol–water partition coefficient (Wildman–Crippen LogP) is 2.75. The Morgan fingerprint density at radius 2 is 2.31 bits per heavy atom. The van der Waals surface area contributed by atoms with Crippen molar-refractivity contribution >= 4 is 5.69 Å². The summed E-state index contributed by atoms with van der Waals surface area (Å²) in [5.74, 6) is 0. The molecule has 0 amide bonds. The minimum absolute atomic E-state index is 0.877. The van der Waals surface area contributed by atoms with Gasteiger partial charge in [0.2, 0.25) is 0 Å². The van der Waals surface area contributed by atoms with Gasteiger partial charge >= 0.3 is 0 Å². The van der Waals surface area contributed by atoms with Crippen molar-refractivity contribution in [2.45, 2.75) is 19.9 Å². The van der Waals surface area contributed by atoms with Gasteiger partial charge in [0.15, 0.2) is 0 Å². The largest absolute Gasteiger partial charge is 0.385 e. The van der Waals surface area contributed by atoms with Crippen molar-refractivity contribution in [1.82, 2.24) is 9.55 Å². The van der Waals surface area contributed by atoms with Gasteiger partial charge in [0, 0.05) is 31.2 Å². The minimum Gasteiger partial charge on any atom is -0.385 e. The van der Waals surface area contributed by atoms with Crippen LogP contribution in [0.1, 0.15) is 18.9 Å². The van der Waals surface area contributed by atoms with E-state index in [0.717, 1.165) is 19.5 Å². The van der Waals surface area contributed by atoms with Gasteiger partial charge in [-0.2, -0.15) is 0 Å². The molecule has 0 saturated heterocycles. The molecule has 3 heteroatoms. The number of aromatic nitrogens is 2. The molecule has 0 fully saturated rings. The third-order valence-corrected chi connectivity index (χ3v) is 2.43. The van der Waals surface area contributed by atoms with E-state index < -0.39 is 0 Å². The number of rotatable bonds is 5. The van der Waals surface area contributed by atoms with Crippen LogP contribution in [0.2, 0.25) is 0 Å². The number of imidazole rings is 1. The number of nitrogens with one attached hydrogen (secondary N) is 1. The van der Waals surface area contributed by atoms with Crippen molar-refractivity contribution in [3.05, 3.63) is 48.5 Å². The number of hydrogen-bond donors (Lipinski definition) is 1. The van der Waals surface area contributed by atoms with E-state index in [1.54, 1.807) is 6.20 Å². The number of nitrogens with zero attached hydrogens (tertiary/aromatic N) is 2. The SMILES string of the molecule is CCCNc1cccc(Cn2ccnc2)c1. The Hall–Kier alpha value is -1.77. The van der Waals surface area contributed by atoms with Crippen molar-refractivity contribution in [3.63, 3.8) is 0 Å². The number of anilines is 1. The molecule has 2 aromatic rings. The molecule has 0 radical (unpaired) electrons. The molecular formula is C13H17N3. The molecule has 0 saturated carbocycles. The van der Waals surface area contributed by atoms with Gasteiger partial charge in [-0.3, -0.25) is 0 Å². The molecule has 0 atom stereocenters. The van der Waals surface area contributed by atoms with Crippen LogP contribution in [0.25, 0.3) is 0 Å². The Kier molecular flexibility index (Phi) is 3.59. The summed E-state index contributed by atoms with van der Waals surface area (Å²) in [6.07, 6.45) is 6.77. The summed E-state index contributed by atoms with van der Waals surface area (Å²) in [5, 5.41) is 3.39. The van der Waals surface area contributed by atoms with Crippen LogP contribution in [0.5, 0.6) is 0 Å². The molecule has 0 unspecified atom stereocenters. The molecule has 16 heavy (non-hydrogen) atoms. The van der Waals surface area contributed by atoms with E-state index in [1.807, 2.05) is 12.5 Å². The smallest absolute Gasteiger partial charge is 0.0949 e. The highest BCUT2D eigenvalue weighted by atomic mass is 15.0. The third-order valence-electron chi connectivity index (χ3n) is 2.43. The van der Waals surface area contributed by atoms with Crippen LogP contribution in [0.15, 0.2) is 43.0 Å². The summed E-state index contributed by atoms with van der Waals surface area (Å²) in [5.41, 5.74) is 2.48. The Balaban J connectivity index is 2.04. The van der Waals surface area contributed by atoms with Crippen LogP contribution >= 0.6 is 0 Å². The Labute approximate surface area is 96.1 Å². The first kappa shape index (κ1) is 10.7. The van der Waals surface area contributed by atoms with Crippen molar-refractivity contribution in [2.75, 3.05) is 11.9 Å². The molecular weight excluding hydrogens is 198 g/mol. The summed E-state index contributed by atoms with van der Waals surface area (Å²) in [6, 6.07) is 8.52. The molecule has 0 aliphatic carbocycles. The summed E-state index contributed by atoms with van der Waals surface area (Å²) >= 11 is 0. The molecule has 0 bridgehead atoms. The lowest BCUT2D eigenvalue weighted by Crippen LogP contribution is -2.01. The van der Waals surface area contributed by atoms with E-state index in [-0.39, 0.29) is 0 Å². The highest BCUT2D eigenvalue weighted by Crippen LogP contribution is 2.11. The molecule has 1 aromatic carbocycles. The van der Waals surface area contributed by atoms with Crippen molar-refractivity contribution in [2.24, 2.45) is 0 Å². The van der Waals surface area contributed by atoms with Crippen molar-refractivity contribution in [3.8, 4) is 0 Å². The Bertz CT molecular complexity index is 421. The maximum absolute atomic E-state index is 4.04. The second kappa shape index (κ2) is 5.35. The fraction of sp³-hybridized carbons (Fsp3) is 0.308. The van der Waals surface area contributed by atoms with Crippen LogP contribution < -0.4 is 5.32 Å². The van der Waals surface area contributed by atoms with E-state index in [0.29, 0.717) is 0 Å². The lowest BCUT2D eigenvalue weighted by molar-refractivity contribution is 0.797. The van der Waals surface area contributed by atoms with Crippen LogP contribution in [0.4, 0.5) is 5.69 Å². The Morgan fingerprint density at radius 3 is 3.06 bits per heavy atom. The van der Waals surface area contributed by atoms with Gasteiger partial charge in [0.1, 0.15) is 0 Å². The molecule has 0 aliphatic rings. The predicted molar refractivity (Wildman–Crippen MR) is 66.6 cm³/mol. The molecule has 0 spiro atoms. The van der Waals surface area contributed by atoms with Crippen LogP contribution in [-0.4, -0.2) is 16.1 Å². The van der Waals surface area contributed by atoms with Crippen LogP contribution in [0, 0.1) is 0 Å². The summed E-state index contributed by atoms with van der Waals surface area (Å²) in [4.78, 5) is 4.04. The fourth-order valence-electron chi connectivity index (χ4n) is 1.64. The van der Waals surface area contributed by atoms with Gasteiger partial charge < -0.3 is 9.88 Å². The van der Waals surface area contributed by atoms with Gasteiger partial charge in [-0.15, -0.1) is 0 Å². The Morgan fingerprint density at radius 1 is 1.38 bits per heavy atom. The zero-order valence-corrected chi connectivity index (χ0v) is 9.56. The zero-order chi connectivity index (χ0) is 11.2. The molecule has 0 aliphatic heterocycles. The van der Waals surface area contributed by atoms with Gasteiger partial charge in [0.25, 0.3) is 0 Å². The minimum atomic E-state index is 0.877. The van der Waals surface area contributed by atoms with Crippen molar-refractivity contribution in [1.29, 1.82) is 0 Å². The quantitative estimate of drug-likeness (QED) is 0.831. The summed E-state index contributed by atoms with van der Waals surface area (Å²) in [7, 11) is 0. The first-order valence-corrected chi connectivity index (χ1v) is 5.67. The second-order valence-electron chi connectivity index (χ2n) is 3.86. The third kappa shape index (κ3) is 2.86. The van der Waals surface area contributed by atoms with Gasteiger partial charge in [-0.25, -0.2) is 4.98 Å². The highest BCUT2D eigenvalue weighted by molar-refractivity contribution is 5.45. The average molecular weight is 215 g/mol. The molecule has 1 N–H and O–H groups in total. The van der Waals surface area contributed by atoms with Crippen LogP contribution in [-0.2, 0) is 6.54 Å². The normalized spacial score (nSPS) is 10.3. The van der Waals surface area contributed by atoms with Crippen LogP contribution in [0.3, 0.4) is 0 Å². The highest BCUT2D eigenvalue weighted by Gasteiger charge is 1.96. The molecule has 2 rings (SSSR count). The van der Waals surface area contributed by atoms with Gasteiger partial charge in [-0.1, -0.05) is 19.1 Å². The van der Waals surface area contributed by atoms with E-state index in [1.165, 1.54) is 11.3 Å². The lowest BCUT2D eigenvalue weighted by atomic mass is 10.2. The van der Waals surface area contributed by atoms with Crippen molar-refractivity contribution < 1.29 is 0 Å². The topological polar surface area (TPSA) is 29.9 Å². The molecule has 1 heterocycles. The first-order chi connectivity index (χ1) is 7.88. The molecule has 84 valence electrons. The van der Waals surface area contributed by atoms with E-state index in [4.69, 9.17) is 0 Å². The van der Waals surface area contributed by atoms with E-state index in [9.17, 15) is 0 Å². The number of hydrogen-bond acceptors (Lipinski definition) is 2. The van der Waals surface area contributed by atoms with Gasteiger partial charge in [-0.05, 0) is 24.1 Å². The van der Waals surface area contributed by atoms with Gasteiger partial charge in [0.05, 0.1) is 6.33 Å². The second-order valence-corrected chi connectivity index (χ2v) is 3.86. The lowest BCUT2D eigenvalue weighted by Gasteiger charge is -2.07. The molecule has 1 aromatic heterocycles. The maximum Gasteiger partial charge on any atom is 0.0949 e. The number of benzene rings is 1. The van der Waals surface area contributed by atoms with E-state index in [2.05, 4.69) is 46.1 Å². The maximum atomic E-state index is 4.04. The van der Waals surface area contributed by atoms with E-state index >= 15 is 0 Å². The zero-order valence-electron chi connectivity index (χ0n) is 9.56. The fourth-order valence-corrected chi connectivity index (χ4v) is 1.64. The first-order valence-electron chi connectivity index (χ1n) is 5.67. The molecule has 3 nitrogen and oxygen atoms in total. The monoisotopic (exact) mass is 215 g/mol. The summed E-state index contributed by atoms with van der Waals surface area (Å²) < 4.78 is 2.07. The standard InChI is InChI=1S/C13H17N3/c1-2-6-15-13-5-3-4-12(9-13)10-16-8-7-14-11-16/h3-5,7-9,11,15H,2,6,10H2,1H3. The summed E-state index contributed by atoms with van der Waals surface area (Å²) in [6.45, 7) is 4.07. The average Bonchev–Trinajstić information content (AvgIpc) is 2.80.